The van der Waals surface area contributed by atoms with Crippen molar-refractivity contribution in [2.24, 2.45) is 0 Å². The molecule has 0 heterocycles. The number of carbonyl (C=O) groups is 1. The van der Waals surface area contributed by atoms with Crippen molar-refractivity contribution in [2.45, 2.75) is 31.5 Å². The fourth-order valence-electron chi connectivity index (χ4n) is 1.97. The minimum Gasteiger partial charge on any atom is -0.383 e. The van der Waals surface area contributed by atoms with Gasteiger partial charge in [-0.1, -0.05) is 0 Å². The first-order valence-electron chi connectivity index (χ1n) is 5.37. The molecule has 0 aromatic heterocycles. The Morgan fingerprint density at radius 3 is 2.47 bits per heavy atom. The molecule has 0 saturated heterocycles. The van der Waals surface area contributed by atoms with Gasteiger partial charge in [0.05, 0.1) is 0 Å². The number of nitrogens with zero attached hydrogens (tertiary/aromatic N) is 1. The predicted molar refractivity (Wildman–Crippen MR) is 56.4 cm³/mol. The lowest BCUT2D eigenvalue weighted by Gasteiger charge is -2.29. The van der Waals surface area contributed by atoms with Crippen LogP contribution in [0, 0.1) is 0 Å². The molecular formula is C11H16F3NO2. The molecule has 1 rings (SSSR count). The summed E-state index contributed by atoms with van der Waals surface area (Å²) in [4.78, 5) is 13.4. The van der Waals surface area contributed by atoms with Gasteiger partial charge in [-0.2, -0.15) is 13.2 Å². The molecule has 98 valence electrons. The van der Waals surface area contributed by atoms with E-state index in [-0.39, 0.29) is 25.0 Å². The Bertz CT molecular complexity index is 336. The quantitative estimate of drug-likeness (QED) is 0.720. The molecule has 1 fully saturated rings. The lowest BCUT2D eigenvalue weighted by Crippen LogP contribution is -2.51. The monoisotopic (exact) mass is 251 g/mol. The number of alkyl halides is 3. The van der Waals surface area contributed by atoms with Crippen molar-refractivity contribution in [3.05, 3.63) is 11.8 Å². The topological polar surface area (TPSA) is 29.5 Å². The summed E-state index contributed by atoms with van der Waals surface area (Å²) in [7, 11) is 3.32. The molecule has 0 aromatic carbocycles. The first kappa shape index (κ1) is 14.0. The summed E-state index contributed by atoms with van der Waals surface area (Å²) >= 11 is 0. The number of hydrogen-bond acceptors (Lipinski definition) is 3. The summed E-state index contributed by atoms with van der Waals surface area (Å²) in [6.45, 7) is 1.31. The lowest BCUT2D eigenvalue weighted by molar-refractivity contribution is -0.261. The highest BCUT2D eigenvalue weighted by Gasteiger charge is 2.64. The third kappa shape index (κ3) is 2.46. The zero-order valence-electron chi connectivity index (χ0n) is 10.1. The van der Waals surface area contributed by atoms with Crippen LogP contribution in [0.1, 0.15) is 19.8 Å². The number of hydrogen-bond donors (Lipinski definition) is 0. The summed E-state index contributed by atoms with van der Waals surface area (Å²) in [5.74, 6) is -0.958. The molecule has 6 heteroatoms. The Morgan fingerprint density at radius 2 is 2.06 bits per heavy atom. The Hall–Kier alpha value is -1.04. The highest BCUT2D eigenvalue weighted by Crippen LogP contribution is 2.45. The van der Waals surface area contributed by atoms with Gasteiger partial charge in [0, 0.05) is 32.5 Å². The molecule has 1 aliphatic carbocycles. The second-order valence-electron chi connectivity index (χ2n) is 4.20. The summed E-state index contributed by atoms with van der Waals surface area (Å²) < 4.78 is 43.7. The maximum atomic E-state index is 13.0. The maximum absolute atomic E-state index is 13.0. The third-order valence-corrected chi connectivity index (χ3v) is 2.67. The number of rotatable bonds is 3. The summed E-state index contributed by atoms with van der Waals surface area (Å²) in [5, 5.41) is 0. The van der Waals surface area contributed by atoms with Crippen molar-refractivity contribution in [1.82, 2.24) is 4.90 Å². The average molecular weight is 251 g/mol. The van der Waals surface area contributed by atoms with Crippen molar-refractivity contribution in [3.63, 3.8) is 0 Å². The van der Waals surface area contributed by atoms with Gasteiger partial charge in [-0.25, -0.2) is 0 Å². The van der Waals surface area contributed by atoms with Crippen LogP contribution >= 0.6 is 0 Å². The third-order valence-electron chi connectivity index (χ3n) is 2.67. The summed E-state index contributed by atoms with van der Waals surface area (Å²) in [6, 6.07) is 0. The Kier molecular flexibility index (Phi) is 3.86. The van der Waals surface area contributed by atoms with Crippen LogP contribution in [0.4, 0.5) is 13.2 Å². The molecule has 0 N–H and O–H groups in total. The first-order chi connectivity index (χ1) is 7.74. The van der Waals surface area contributed by atoms with Crippen molar-refractivity contribution in [1.29, 1.82) is 0 Å². The van der Waals surface area contributed by atoms with E-state index in [1.807, 2.05) is 0 Å². The smallest absolute Gasteiger partial charge is 0.383 e. The molecule has 0 radical (unpaired) electrons. The van der Waals surface area contributed by atoms with E-state index in [0.717, 1.165) is 0 Å². The summed E-state index contributed by atoms with van der Waals surface area (Å²) in [6.07, 6.45) is -3.48. The van der Waals surface area contributed by atoms with Gasteiger partial charge in [-0.3, -0.25) is 4.79 Å². The molecule has 0 aromatic rings. The lowest BCUT2D eigenvalue weighted by atomic mass is 9.99. The number of ketones is 1. The van der Waals surface area contributed by atoms with E-state index in [9.17, 15) is 18.0 Å². The van der Waals surface area contributed by atoms with Crippen LogP contribution in [0.15, 0.2) is 11.8 Å². The van der Waals surface area contributed by atoms with E-state index < -0.39 is 17.6 Å². The molecule has 1 atom stereocenters. The van der Waals surface area contributed by atoms with Gasteiger partial charge in [0.25, 0.3) is 0 Å². The zero-order chi connectivity index (χ0) is 13.3. The number of ether oxygens (including phenoxy) is 1. The van der Waals surface area contributed by atoms with Crippen LogP contribution in [0.25, 0.3) is 0 Å². The Labute approximate surface area is 98.2 Å². The maximum Gasteiger partial charge on any atom is 0.425 e. The highest BCUT2D eigenvalue weighted by atomic mass is 19.4. The van der Waals surface area contributed by atoms with E-state index in [1.165, 1.54) is 13.1 Å². The second-order valence-corrected chi connectivity index (χ2v) is 4.20. The van der Waals surface area contributed by atoms with Crippen LogP contribution in [-0.4, -0.2) is 43.2 Å². The fourth-order valence-corrected chi connectivity index (χ4v) is 1.97. The van der Waals surface area contributed by atoms with Gasteiger partial charge in [0.1, 0.15) is 0 Å². The second kappa shape index (κ2) is 4.68. The van der Waals surface area contributed by atoms with Gasteiger partial charge in [-0.15, -0.1) is 0 Å². The van der Waals surface area contributed by atoms with Gasteiger partial charge in [0.2, 0.25) is 11.4 Å². The van der Waals surface area contributed by atoms with Crippen LogP contribution < -0.4 is 0 Å². The molecular weight excluding hydrogens is 235 g/mol. The number of halogens is 3. The molecule has 0 bridgehead atoms. The molecule has 1 unspecified atom stereocenters. The van der Waals surface area contributed by atoms with E-state index in [1.54, 1.807) is 19.0 Å². The van der Waals surface area contributed by atoms with Gasteiger partial charge in [-0.05, 0) is 19.8 Å². The van der Waals surface area contributed by atoms with Gasteiger partial charge in [0.15, 0.2) is 0 Å². The van der Waals surface area contributed by atoms with E-state index in [2.05, 4.69) is 0 Å². The fraction of sp³-hybridized carbons (Fsp3) is 0.727. The minimum absolute atomic E-state index is 0.0938. The first-order valence-corrected chi connectivity index (χ1v) is 5.37. The summed E-state index contributed by atoms with van der Waals surface area (Å²) in [5.41, 5.74) is -2.47. The largest absolute Gasteiger partial charge is 0.425 e. The SMILES string of the molecule is CCOC1(C(F)(F)F)CC/C(=C/N(C)C)C1=O. The molecule has 3 nitrogen and oxygen atoms in total. The molecule has 0 amide bonds. The minimum atomic E-state index is -4.66. The standard InChI is InChI=1S/C11H16F3NO2/c1-4-17-10(11(12,13)14)6-5-8(9(10)16)7-15(2)3/h7H,4-6H2,1-3H3/b8-7-. The van der Waals surface area contributed by atoms with Crippen LogP contribution in [-0.2, 0) is 9.53 Å². The number of Topliss-reactive ketones (excluding diaryl/α,β-unsaturated/α-hetero) is 1. The zero-order valence-corrected chi connectivity index (χ0v) is 10.1. The van der Waals surface area contributed by atoms with Gasteiger partial charge >= 0.3 is 6.18 Å². The number of carbonyl (C=O) groups excluding carboxylic acids is 1. The van der Waals surface area contributed by atoms with E-state index >= 15 is 0 Å². The highest BCUT2D eigenvalue weighted by molar-refractivity contribution is 6.04. The van der Waals surface area contributed by atoms with Crippen molar-refractivity contribution in [2.75, 3.05) is 20.7 Å². The van der Waals surface area contributed by atoms with Crippen LogP contribution in [0.5, 0.6) is 0 Å². The molecule has 1 aliphatic rings. The van der Waals surface area contributed by atoms with Crippen LogP contribution in [0.2, 0.25) is 0 Å². The normalized spacial score (nSPS) is 27.9. The van der Waals surface area contributed by atoms with Crippen molar-refractivity contribution >= 4 is 5.78 Å². The molecule has 0 spiro atoms. The van der Waals surface area contributed by atoms with E-state index in [4.69, 9.17) is 4.74 Å². The Balaban J connectivity index is 3.09. The van der Waals surface area contributed by atoms with Crippen molar-refractivity contribution in [3.8, 4) is 0 Å². The van der Waals surface area contributed by atoms with Gasteiger partial charge < -0.3 is 9.64 Å². The molecule has 17 heavy (non-hydrogen) atoms. The van der Waals surface area contributed by atoms with Crippen LogP contribution in [0.3, 0.4) is 0 Å². The predicted octanol–water partition coefficient (Wildman–Crippen LogP) is 2.13. The van der Waals surface area contributed by atoms with Crippen molar-refractivity contribution < 1.29 is 22.7 Å². The molecule has 0 aliphatic heterocycles. The Morgan fingerprint density at radius 1 is 1.47 bits per heavy atom. The average Bonchev–Trinajstić information content (AvgIpc) is 2.46. The van der Waals surface area contributed by atoms with E-state index in [0.29, 0.717) is 0 Å². The molecule has 1 saturated carbocycles.